The van der Waals surface area contributed by atoms with Gasteiger partial charge < -0.3 is 15.0 Å². The van der Waals surface area contributed by atoms with Crippen LogP contribution in [0.4, 0.5) is 11.4 Å². The number of pyridine rings is 1. The highest BCUT2D eigenvalue weighted by Crippen LogP contribution is 2.23. The van der Waals surface area contributed by atoms with Crippen molar-refractivity contribution in [2.45, 2.75) is 12.5 Å². The predicted molar refractivity (Wildman–Crippen MR) is 99.7 cm³/mol. The molecule has 3 rings (SSSR count). The first-order chi connectivity index (χ1) is 12.4. The Morgan fingerprint density at radius 3 is 2.73 bits per heavy atom. The Morgan fingerprint density at radius 2 is 2.04 bits per heavy atom. The average molecular weight is 375 g/mol. The zero-order valence-electron chi connectivity index (χ0n) is 14.7. The summed E-state index contributed by atoms with van der Waals surface area (Å²) in [6.45, 7) is 0. The molecule has 0 saturated carbocycles. The van der Waals surface area contributed by atoms with Crippen molar-refractivity contribution in [1.29, 1.82) is 0 Å². The van der Waals surface area contributed by atoms with Crippen LogP contribution in [0, 0.1) is 0 Å². The first-order valence-corrected chi connectivity index (χ1v) is 10.0. The number of nitrogens with one attached hydrogen (secondary N) is 1. The standard InChI is InChI=1S/C18H21N3O4S/c1-21(15-7-9-26(23,24)12-15)18(22)17-11-14(6-8-19-17)20-13-4-3-5-16(10-13)25-2/h3-6,8,10-11,15H,7,9,12H2,1-2H3,(H,19,20). The molecule has 1 atom stereocenters. The van der Waals surface area contributed by atoms with E-state index in [-0.39, 0.29) is 29.1 Å². The molecule has 1 saturated heterocycles. The van der Waals surface area contributed by atoms with Crippen molar-refractivity contribution in [1.82, 2.24) is 9.88 Å². The fourth-order valence-electron chi connectivity index (χ4n) is 2.92. The second-order valence-corrected chi connectivity index (χ2v) is 8.49. The van der Waals surface area contributed by atoms with Gasteiger partial charge in [-0.3, -0.25) is 9.78 Å². The number of benzene rings is 1. The number of amides is 1. The van der Waals surface area contributed by atoms with Crippen LogP contribution >= 0.6 is 0 Å². The van der Waals surface area contributed by atoms with Gasteiger partial charge in [0.2, 0.25) is 0 Å². The monoisotopic (exact) mass is 375 g/mol. The van der Waals surface area contributed by atoms with Crippen molar-refractivity contribution in [3.05, 3.63) is 48.3 Å². The molecular formula is C18H21N3O4S. The molecule has 7 nitrogen and oxygen atoms in total. The van der Waals surface area contributed by atoms with Crippen LogP contribution in [0.25, 0.3) is 0 Å². The molecule has 1 N–H and O–H groups in total. The number of rotatable bonds is 5. The van der Waals surface area contributed by atoms with E-state index in [1.54, 1.807) is 32.5 Å². The summed E-state index contributed by atoms with van der Waals surface area (Å²) in [7, 11) is 0.171. The number of anilines is 2. The Hall–Kier alpha value is -2.61. The van der Waals surface area contributed by atoms with Gasteiger partial charge in [0.15, 0.2) is 9.84 Å². The van der Waals surface area contributed by atoms with Gasteiger partial charge in [-0.05, 0) is 30.7 Å². The van der Waals surface area contributed by atoms with Gasteiger partial charge in [-0.2, -0.15) is 0 Å². The Balaban J connectivity index is 1.75. The minimum Gasteiger partial charge on any atom is -0.497 e. The molecular weight excluding hydrogens is 354 g/mol. The lowest BCUT2D eigenvalue weighted by Crippen LogP contribution is -2.38. The van der Waals surface area contributed by atoms with E-state index < -0.39 is 9.84 Å². The van der Waals surface area contributed by atoms with Gasteiger partial charge in [0, 0.05) is 36.7 Å². The van der Waals surface area contributed by atoms with Crippen LogP contribution in [-0.4, -0.2) is 55.9 Å². The summed E-state index contributed by atoms with van der Waals surface area (Å²) in [5.41, 5.74) is 1.80. The van der Waals surface area contributed by atoms with Crippen LogP contribution in [0.1, 0.15) is 16.9 Å². The summed E-state index contributed by atoms with van der Waals surface area (Å²) < 4.78 is 28.5. The molecule has 1 aliphatic rings. The van der Waals surface area contributed by atoms with Gasteiger partial charge in [-0.1, -0.05) is 6.07 Å². The van der Waals surface area contributed by atoms with Gasteiger partial charge in [-0.25, -0.2) is 8.42 Å². The van der Waals surface area contributed by atoms with Gasteiger partial charge in [0.1, 0.15) is 11.4 Å². The van der Waals surface area contributed by atoms with Crippen LogP contribution in [0.2, 0.25) is 0 Å². The van der Waals surface area contributed by atoms with E-state index in [0.29, 0.717) is 12.1 Å². The highest BCUT2D eigenvalue weighted by molar-refractivity contribution is 7.91. The lowest BCUT2D eigenvalue weighted by atomic mass is 10.2. The van der Waals surface area contributed by atoms with Crippen molar-refractivity contribution in [2.24, 2.45) is 0 Å². The normalized spacial score (nSPS) is 18.3. The Bertz CT molecular complexity index is 914. The number of carbonyl (C=O) groups is 1. The zero-order valence-corrected chi connectivity index (χ0v) is 15.5. The van der Waals surface area contributed by atoms with Gasteiger partial charge in [0.05, 0.1) is 18.6 Å². The number of methoxy groups -OCH3 is 1. The minimum absolute atomic E-state index is 0.0109. The quantitative estimate of drug-likeness (QED) is 0.861. The second kappa shape index (κ2) is 7.33. The maximum atomic E-state index is 12.7. The summed E-state index contributed by atoms with van der Waals surface area (Å²) in [6.07, 6.45) is 2.02. The SMILES string of the molecule is COc1cccc(Nc2ccnc(C(=O)N(C)C3CCS(=O)(=O)C3)c2)c1. The van der Waals surface area contributed by atoms with Crippen LogP contribution in [0.15, 0.2) is 42.6 Å². The molecule has 138 valence electrons. The zero-order chi connectivity index (χ0) is 18.7. The molecule has 0 radical (unpaired) electrons. The molecule has 0 aliphatic carbocycles. The third-order valence-electron chi connectivity index (χ3n) is 4.41. The van der Waals surface area contributed by atoms with Crippen molar-refractivity contribution >= 4 is 27.1 Å². The topological polar surface area (TPSA) is 88.6 Å². The molecule has 0 bridgehead atoms. The number of aromatic nitrogens is 1. The summed E-state index contributed by atoms with van der Waals surface area (Å²) in [4.78, 5) is 18.3. The molecule has 26 heavy (non-hydrogen) atoms. The molecule has 2 heterocycles. The number of nitrogens with zero attached hydrogens (tertiary/aromatic N) is 2. The lowest BCUT2D eigenvalue weighted by Gasteiger charge is -2.23. The molecule has 8 heteroatoms. The van der Waals surface area contributed by atoms with Gasteiger partial charge in [-0.15, -0.1) is 0 Å². The van der Waals surface area contributed by atoms with Crippen LogP contribution in [0.5, 0.6) is 5.75 Å². The first kappa shape index (κ1) is 18.2. The maximum absolute atomic E-state index is 12.7. The van der Waals surface area contributed by atoms with E-state index in [1.165, 1.54) is 4.90 Å². The molecule has 1 aromatic heterocycles. The highest BCUT2D eigenvalue weighted by Gasteiger charge is 2.33. The predicted octanol–water partition coefficient (Wildman–Crippen LogP) is 2.09. The molecule has 2 aromatic rings. The van der Waals surface area contributed by atoms with Crippen LogP contribution in [-0.2, 0) is 9.84 Å². The van der Waals surface area contributed by atoms with E-state index >= 15 is 0 Å². The highest BCUT2D eigenvalue weighted by atomic mass is 32.2. The molecule has 1 fully saturated rings. The third-order valence-corrected chi connectivity index (χ3v) is 6.16. The number of carbonyl (C=O) groups excluding carboxylic acids is 1. The van der Waals surface area contributed by atoms with Crippen LogP contribution < -0.4 is 10.1 Å². The minimum atomic E-state index is -3.05. The average Bonchev–Trinajstić information content (AvgIpc) is 3.00. The second-order valence-electron chi connectivity index (χ2n) is 6.26. The van der Waals surface area contributed by atoms with Crippen molar-refractivity contribution in [2.75, 3.05) is 31.0 Å². The Morgan fingerprint density at radius 1 is 1.27 bits per heavy atom. The summed E-state index contributed by atoms with van der Waals surface area (Å²) in [5.74, 6) is 0.570. The fraction of sp³-hybridized carbons (Fsp3) is 0.333. The van der Waals surface area contributed by atoms with Crippen molar-refractivity contribution in [3.8, 4) is 5.75 Å². The number of sulfone groups is 1. The largest absolute Gasteiger partial charge is 0.497 e. The first-order valence-electron chi connectivity index (χ1n) is 8.23. The van der Waals surface area contributed by atoms with Crippen molar-refractivity contribution in [3.63, 3.8) is 0 Å². The van der Waals surface area contributed by atoms with E-state index in [0.717, 1.165) is 11.4 Å². The molecule has 1 unspecified atom stereocenters. The molecule has 1 aliphatic heterocycles. The fourth-order valence-corrected chi connectivity index (χ4v) is 4.69. The smallest absolute Gasteiger partial charge is 0.272 e. The summed E-state index contributed by atoms with van der Waals surface area (Å²) >= 11 is 0. The molecule has 1 amide bonds. The Labute approximate surface area is 152 Å². The van der Waals surface area contributed by atoms with E-state index in [2.05, 4.69) is 10.3 Å². The van der Waals surface area contributed by atoms with Crippen molar-refractivity contribution < 1.29 is 17.9 Å². The molecule has 0 spiro atoms. The summed E-state index contributed by atoms with van der Waals surface area (Å²) in [6, 6.07) is 10.6. The van der Waals surface area contributed by atoms with E-state index in [4.69, 9.17) is 4.74 Å². The Kier molecular flexibility index (Phi) is 5.13. The van der Waals surface area contributed by atoms with E-state index in [9.17, 15) is 13.2 Å². The van der Waals surface area contributed by atoms with Gasteiger partial charge >= 0.3 is 0 Å². The maximum Gasteiger partial charge on any atom is 0.272 e. The molecule has 1 aromatic carbocycles. The van der Waals surface area contributed by atoms with Gasteiger partial charge in [0.25, 0.3) is 5.91 Å². The number of ether oxygens (including phenoxy) is 1. The summed E-state index contributed by atoms with van der Waals surface area (Å²) in [5, 5.41) is 3.21. The number of hydrogen-bond donors (Lipinski definition) is 1. The van der Waals surface area contributed by atoms with Crippen LogP contribution in [0.3, 0.4) is 0 Å². The third kappa shape index (κ3) is 4.13. The lowest BCUT2D eigenvalue weighted by molar-refractivity contribution is 0.0742. The number of hydrogen-bond acceptors (Lipinski definition) is 6. The van der Waals surface area contributed by atoms with E-state index in [1.807, 2.05) is 24.3 Å².